The van der Waals surface area contributed by atoms with E-state index in [-0.39, 0.29) is 0 Å². The maximum Gasteiger partial charge on any atom is 0.0998 e. The first-order chi connectivity index (χ1) is 34.7. The Kier molecular flexibility index (Phi) is 8.99. The van der Waals surface area contributed by atoms with Crippen molar-refractivity contribution >= 4 is 76.0 Å². The summed E-state index contributed by atoms with van der Waals surface area (Å²) in [4.78, 5) is 11.9. The Bertz CT molecular complexity index is 4330. The summed E-state index contributed by atoms with van der Waals surface area (Å²) < 4.78 is 0. The number of nitrogens with zero attached hydrogens (tertiary/aromatic N) is 4. The van der Waals surface area contributed by atoms with Crippen LogP contribution in [0, 0.1) is 11.3 Å². The molecule has 324 valence electrons. The zero-order valence-corrected chi connectivity index (χ0v) is 37.9. The van der Waals surface area contributed by atoms with Crippen molar-refractivity contribution in [2.75, 3.05) is 4.90 Å². The molecule has 0 radical (unpaired) electrons. The molecule has 1 aliphatic heterocycles. The Balaban J connectivity index is 1.09. The summed E-state index contributed by atoms with van der Waals surface area (Å²) in [6.07, 6.45) is 3.64. The predicted molar refractivity (Wildman–Crippen MR) is 291 cm³/mol. The van der Waals surface area contributed by atoms with E-state index in [1.165, 1.54) is 81.7 Å². The second kappa shape index (κ2) is 15.8. The third kappa shape index (κ3) is 6.16. The van der Waals surface area contributed by atoms with Gasteiger partial charge in [0.15, 0.2) is 0 Å². The van der Waals surface area contributed by atoms with E-state index in [0.717, 1.165) is 62.3 Å². The van der Waals surface area contributed by atoms with E-state index in [4.69, 9.17) is 4.98 Å². The number of benzene rings is 11. The van der Waals surface area contributed by atoms with Gasteiger partial charge in [-0.25, -0.2) is 4.98 Å². The van der Waals surface area contributed by atoms with Crippen molar-refractivity contribution in [3.8, 4) is 62.0 Å². The number of nitriles is 1. The number of hydrogen-bond acceptors (Lipinski definition) is 4. The van der Waals surface area contributed by atoms with Crippen molar-refractivity contribution in [2.24, 2.45) is 0 Å². The molecule has 0 spiro atoms. The van der Waals surface area contributed by atoms with Gasteiger partial charge in [-0.1, -0.05) is 158 Å². The number of pyridine rings is 2. The van der Waals surface area contributed by atoms with E-state index in [1.54, 1.807) is 0 Å². The Morgan fingerprint density at radius 2 is 0.986 bits per heavy atom. The zero-order chi connectivity index (χ0) is 46.3. The third-order valence-corrected chi connectivity index (χ3v) is 14.6. The lowest BCUT2D eigenvalue weighted by molar-refractivity contribution is 0.982. The molecule has 11 aromatic carbocycles. The fraction of sp³-hybridized carbons (Fsp3) is 0.0152. The van der Waals surface area contributed by atoms with Crippen LogP contribution < -0.4 is 4.90 Å². The molecule has 0 saturated heterocycles. The van der Waals surface area contributed by atoms with Gasteiger partial charge in [-0.2, -0.15) is 5.26 Å². The Hall–Kier alpha value is -9.43. The molecule has 3 heterocycles. The summed E-state index contributed by atoms with van der Waals surface area (Å²) in [6.45, 7) is 0.722. The lowest BCUT2D eigenvalue weighted by Gasteiger charge is -2.32. The highest BCUT2D eigenvalue weighted by atomic mass is 15.1. The molecule has 0 aliphatic carbocycles. The monoisotopic (exact) mass is 888 g/mol. The maximum atomic E-state index is 10.3. The topological polar surface area (TPSA) is 52.8 Å². The number of rotatable bonds is 6. The van der Waals surface area contributed by atoms with Gasteiger partial charge in [0.05, 0.1) is 23.0 Å². The average molecular weight is 889 g/mol. The fourth-order valence-electron chi connectivity index (χ4n) is 11.4. The second-order valence-electron chi connectivity index (χ2n) is 18.3. The lowest BCUT2D eigenvalue weighted by atomic mass is 9.81. The summed E-state index contributed by atoms with van der Waals surface area (Å²) in [5.41, 5.74) is 15.1. The molecule has 14 rings (SSSR count). The van der Waals surface area contributed by atoms with Gasteiger partial charge in [0.1, 0.15) is 0 Å². The van der Waals surface area contributed by atoms with Crippen LogP contribution in [0.15, 0.2) is 231 Å². The van der Waals surface area contributed by atoms with E-state index in [0.29, 0.717) is 5.56 Å². The van der Waals surface area contributed by atoms with Gasteiger partial charge >= 0.3 is 0 Å². The number of anilines is 2. The van der Waals surface area contributed by atoms with E-state index in [2.05, 4.69) is 216 Å². The first-order valence-electron chi connectivity index (χ1n) is 23.8. The van der Waals surface area contributed by atoms with E-state index in [1.807, 2.05) is 30.6 Å². The molecule has 2 aromatic heterocycles. The van der Waals surface area contributed by atoms with Crippen molar-refractivity contribution in [2.45, 2.75) is 6.54 Å². The maximum absolute atomic E-state index is 10.3. The summed E-state index contributed by atoms with van der Waals surface area (Å²) in [5.74, 6) is 0. The predicted octanol–water partition coefficient (Wildman–Crippen LogP) is 17.3. The van der Waals surface area contributed by atoms with Crippen LogP contribution in [0.3, 0.4) is 0 Å². The smallest absolute Gasteiger partial charge is 0.0998 e. The largest absolute Gasteiger partial charge is 0.336 e. The van der Waals surface area contributed by atoms with Crippen LogP contribution in [0.25, 0.3) is 121 Å². The second-order valence-corrected chi connectivity index (χ2v) is 18.3. The molecule has 13 aromatic rings. The molecule has 4 heteroatoms. The molecule has 0 bridgehead atoms. The van der Waals surface area contributed by atoms with Gasteiger partial charge in [-0.15, -0.1) is 0 Å². The molecule has 0 N–H and O–H groups in total. The van der Waals surface area contributed by atoms with Crippen LogP contribution in [-0.2, 0) is 6.54 Å². The molecule has 0 saturated carbocycles. The number of para-hydroxylation sites is 1. The van der Waals surface area contributed by atoms with Crippen LogP contribution in [0.4, 0.5) is 11.4 Å². The molecule has 0 unspecified atom stereocenters. The molecule has 0 atom stereocenters. The molecule has 0 amide bonds. The van der Waals surface area contributed by atoms with Gasteiger partial charge in [0.2, 0.25) is 0 Å². The first-order valence-corrected chi connectivity index (χ1v) is 23.8. The molecule has 4 nitrogen and oxygen atoms in total. The molecule has 70 heavy (non-hydrogen) atoms. The minimum atomic E-state index is 0.698. The highest BCUT2D eigenvalue weighted by Gasteiger charge is 2.26. The van der Waals surface area contributed by atoms with Crippen molar-refractivity contribution in [1.82, 2.24) is 9.97 Å². The first kappa shape index (κ1) is 39.7. The van der Waals surface area contributed by atoms with Gasteiger partial charge in [0, 0.05) is 52.2 Å². The summed E-state index contributed by atoms with van der Waals surface area (Å²) in [7, 11) is 0. The Morgan fingerprint density at radius 3 is 1.69 bits per heavy atom. The van der Waals surface area contributed by atoms with E-state index >= 15 is 0 Å². The van der Waals surface area contributed by atoms with Crippen molar-refractivity contribution in [1.29, 1.82) is 5.26 Å². The fourth-order valence-corrected chi connectivity index (χ4v) is 11.4. The SMILES string of the molecule is N#Cc1ccc2c3c1ccc1c(-c4ccc5c(-c6cccc7ccccc67)c6cc(-c7cccc(-c8ccncc8)n7)ccc6c(-c6cccc7ccccc67)c5c4)ccc(c13)N(c1ccccc1)C2. The summed E-state index contributed by atoms with van der Waals surface area (Å²) >= 11 is 0. The number of aromatic nitrogens is 2. The summed E-state index contributed by atoms with van der Waals surface area (Å²) in [5, 5.41) is 24.3. The van der Waals surface area contributed by atoms with E-state index < -0.39 is 0 Å². The highest BCUT2D eigenvalue weighted by molar-refractivity contribution is 6.27. The zero-order valence-electron chi connectivity index (χ0n) is 37.9. The molecular weight excluding hydrogens is 849 g/mol. The highest BCUT2D eigenvalue weighted by Crippen LogP contribution is 2.51. The lowest BCUT2D eigenvalue weighted by Crippen LogP contribution is -2.20. The quantitative estimate of drug-likeness (QED) is 0.123. The van der Waals surface area contributed by atoms with Crippen LogP contribution in [0.2, 0.25) is 0 Å². The van der Waals surface area contributed by atoms with Gasteiger partial charge < -0.3 is 4.90 Å². The van der Waals surface area contributed by atoms with Crippen LogP contribution in [-0.4, -0.2) is 9.97 Å². The molecule has 0 fully saturated rings. The van der Waals surface area contributed by atoms with Crippen LogP contribution in [0.1, 0.15) is 11.1 Å². The van der Waals surface area contributed by atoms with E-state index in [9.17, 15) is 5.26 Å². The summed E-state index contributed by atoms with van der Waals surface area (Å²) in [6, 6.07) is 81.6. The van der Waals surface area contributed by atoms with Crippen LogP contribution in [0.5, 0.6) is 0 Å². The molecule has 1 aliphatic rings. The van der Waals surface area contributed by atoms with Crippen molar-refractivity contribution in [3.05, 3.63) is 242 Å². The van der Waals surface area contributed by atoms with Gasteiger partial charge in [-0.3, -0.25) is 4.98 Å². The van der Waals surface area contributed by atoms with Crippen LogP contribution >= 0.6 is 0 Å². The average Bonchev–Trinajstić information content (AvgIpc) is 3.43. The minimum Gasteiger partial charge on any atom is -0.336 e. The minimum absolute atomic E-state index is 0.698. The third-order valence-electron chi connectivity index (χ3n) is 14.6. The van der Waals surface area contributed by atoms with Crippen molar-refractivity contribution < 1.29 is 0 Å². The van der Waals surface area contributed by atoms with Gasteiger partial charge in [0.25, 0.3) is 0 Å². The molecular formula is C66H40N4. The Labute approximate surface area is 404 Å². The van der Waals surface area contributed by atoms with Gasteiger partial charge in [-0.05, 0) is 153 Å². The number of fused-ring (bicyclic) bond motifs is 4. The number of hydrogen-bond donors (Lipinski definition) is 0. The normalized spacial score (nSPS) is 12.2. The Morgan fingerprint density at radius 1 is 0.400 bits per heavy atom. The standard InChI is InChI=1S/C66H40N4/c67-39-46-23-24-47-40-70(48-15-2-1-3-16-48)62-32-31-51(55-30-29-52(46)63(47)66(55)62)44-25-27-56-58(37-44)64(53-19-8-13-41-11-4-6-17-49(41)53)57-28-26-45(61-22-10-21-60(69-61)43-33-35-68-36-34-43)38-59(57)65(56)54-20-9-14-42-12-5-7-18-50(42)54/h1-38H,40H2. The van der Waals surface area contributed by atoms with Crippen molar-refractivity contribution in [3.63, 3.8) is 0 Å².